The average molecular weight is 211 g/mol. The fourth-order valence-electron chi connectivity index (χ4n) is 0.989. The molecule has 0 saturated carbocycles. The van der Waals surface area contributed by atoms with Crippen LogP contribution >= 0.6 is 0 Å². The molecule has 0 aliphatic carbocycles. The van der Waals surface area contributed by atoms with Gasteiger partial charge in [0.25, 0.3) is 5.69 Å². The molecule has 0 N–H and O–H groups in total. The standard InChI is InChI=1S/C8H7N2O5/c1-2-15-8-4-3-6(9(11)12)5-7(8)10(13)14/h2-5H,1H3. The van der Waals surface area contributed by atoms with Crippen LogP contribution in [0.15, 0.2) is 18.2 Å². The number of nitro benzene ring substituents is 2. The fraction of sp³-hybridized carbons (Fsp3) is 0.125. The van der Waals surface area contributed by atoms with Gasteiger partial charge in [-0.25, -0.2) is 0 Å². The molecule has 0 aromatic heterocycles. The Kier molecular flexibility index (Phi) is 3.17. The van der Waals surface area contributed by atoms with Crippen molar-refractivity contribution in [1.29, 1.82) is 0 Å². The maximum atomic E-state index is 10.6. The summed E-state index contributed by atoms with van der Waals surface area (Å²) in [6, 6.07) is 3.20. The summed E-state index contributed by atoms with van der Waals surface area (Å²) in [7, 11) is 0. The molecule has 0 saturated heterocycles. The van der Waals surface area contributed by atoms with Crippen LogP contribution in [0.1, 0.15) is 6.92 Å². The zero-order valence-corrected chi connectivity index (χ0v) is 7.75. The van der Waals surface area contributed by atoms with Crippen LogP contribution in [0.2, 0.25) is 0 Å². The summed E-state index contributed by atoms with van der Waals surface area (Å²) in [5.41, 5.74) is -0.771. The molecule has 0 unspecified atom stereocenters. The quantitative estimate of drug-likeness (QED) is 0.561. The van der Waals surface area contributed by atoms with Crippen molar-refractivity contribution < 1.29 is 14.6 Å². The zero-order valence-electron chi connectivity index (χ0n) is 7.75. The highest BCUT2D eigenvalue weighted by molar-refractivity contribution is 5.53. The Labute approximate surface area is 84.6 Å². The van der Waals surface area contributed by atoms with Crippen LogP contribution in [0.25, 0.3) is 0 Å². The minimum absolute atomic E-state index is 0.0203. The molecule has 0 aliphatic heterocycles. The van der Waals surface area contributed by atoms with Gasteiger partial charge < -0.3 is 4.74 Å². The number of hydrogen-bond donors (Lipinski definition) is 0. The second-order valence-electron chi connectivity index (χ2n) is 2.52. The van der Waals surface area contributed by atoms with Crippen molar-refractivity contribution >= 4 is 11.4 Å². The molecule has 0 amide bonds. The summed E-state index contributed by atoms with van der Waals surface area (Å²) in [5.74, 6) is -0.0203. The highest BCUT2D eigenvalue weighted by Crippen LogP contribution is 2.31. The van der Waals surface area contributed by atoms with Crippen LogP contribution in [0, 0.1) is 26.8 Å². The molecule has 1 aromatic rings. The van der Waals surface area contributed by atoms with Crippen molar-refractivity contribution in [2.45, 2.75) is 6.92 Å². The van der Waals surface area contributed by atoms with Crippen molar-refractivity contribution in [2.24, 2.45) is 0 Å². The summed E-state index contributed by atoms with van der Waals surface area (Å²) in [6.07, 6.45) is 0. The lowest BCUT2D eigenvalue weighted by Gasteiger charge is -2.02. The Hall–Kier alpha value is -2.18. The summed E-state index contributed by atoms with van der Waals surface area (Å²) in [5, 5.41) is 20.9. The molecule has 7 heteroatoms. The molecule has 79 valence electrons. The molecule has 0 spiro atoms. The molecule has 7 nitrogen and oxygen atoms in total. The Morgan fingerprint density at radius 1 is 1.27 bits per heavy atom. The smallest absolute Gasteiger partial charge is 0.317 e. The molecule has 1 aromatic carbocycles. The van der Waals surface area contributed by atoms with Crippen molar-refractivity contribution in [3.63, 3.8) is 0 Å². The minimum atomic E-state index is -0.730. The maximum Gasteiger partial charge on any atom is 0.317 e. The summed E-state index contributed by atoms with van der Waals surface area (Å²) in [6.45, 7) is 2.80. The zero-order chi connectivity index (χ0) is 11.4. The minimum Gasteiger partial charge on any atom is -0.480 e. The van der Waals surface area contributed by atoms with Gasteiger partial charge in [-0.05, 0) is 13.0 Å². The number of nitro groups is 2. The number of benzene rings is 1. The lowest BCUT2D eigenvalue weighted by atomic mass is 10.2. The third kappa shape index (κ3) is 2.39. The van der Waals surface area contributed by atoms with E-state index in [1.165, 1.54) is 12.7 Å². The third-order valence-corrected chi connectivity index (χ3v) is 1.59. The van der Waals surface area contributed by atoms with Gasteiger partial charge in [0.1, 0.15) is 6.61 Å². The average Bonchev–Trinajstić information content (AvgIpc) is 2.18. The van der Waals surface area contributed by atoms with Gasteiger partial charge in [-0.1, -0.05) is 0 Å². The largest absolute Gasteiger partial charge is 0.480 e. The normalized spacial score (nSPS) is 9.67. The predicted octanol–water partition coefficient (Wildman–Crippen LogP) is 2.06. The van der Waals surface area contributed by atoms with Gasteiger partial charge >= 0.3 is 5.69 Å². The van der Waals surface area contributed by atoms with Gasteiger partial charge in [0, 0.05) is 6.07 Å². The molecule has 1 rings (SSSR count). The van der Waals surface area contributed by atoms with E-state index in [-0.39, 0.29) is 11.4 Å². The summed E-state index contributed by atoms with van der Waals surface area (Å²) >= 11 is 0. The van der Waals surface area contributed by atoms with E-state index in [0.29, 0.717) is 0 Å². The van der Waals surface area contributed by atoms with E-state index < -0.39 is 15.5 Å². The van der Waals surface area contributed by atoms with Crippen molar-refractivity contribution in [2.75, 3.05) is 0 Å². The number of hydrogen-bond acceptors (Lipinski definition) is 5. The van der Waals surface area contributed by atoms with Crippen LogP contribution in [-0.2, 0) is 0 Å². The second kappa shape index (κ2) is 4.36. The molecule has 1 radical (unpaired) electrons. The lowest BCUT2D eigenvalue weighted by molar-refractivity contribution is -0.394. The Morgan fingerprint density at radius 2 is 1.93 bits per heavy atom. The van der Waals surface area contributed by atoms with Crippen molar-refractivity contribution in [3.05, 3.63) is 45.0 Å². The Bertz CT molecular complexity index is 404. The van der Waals surface area contributed by atoms with Gasteiger partial charge in [-0.2, -0.15) is 0 Å². The predicted molar refractivity (Wildman–Crippen MR) is 50.4 cm³/mol. The van der Waals surface area contributed by atoms with Crippen LogP contribution in [0.3, 0.4) is 0 Å². The maximum absolute atomic E-state index is 10.6. The number of nitrogens with zero attached hydrogens (tertiary/aromatic N) is 2. The molecule has 0 atom stereocenters. The van der Waals surface area contributed by atoms with E-state index in [9.17, 15) is 20.2 Å². The van der Waals surface area contributed by atoms with Gasteiger partial charge in [0.2, 0.25) is 0 Å². The summed E-state index contributed by atoms with van der Waals surface area (Å²) in [4.78, 5) is 19.5. The molecule has 15 heavy (non-hydrogen) atoms. The van der Waals surface area contributed by atoms with E-state index in [1.54, 1.807) is 6.92 Å². The van der Waals surface area contributed by atoms with Crippen molar-refractivity contribution in [3.8, 4) is 5.75 Å². The first-order valence-corrected chi connectivity index (χ1v) is 3.93. The highest BCUT2D eigenvalue weighted by atomic mass is 16.6. The topological polar surface area (TPSA) is 95.5 Å². The van der Waals surface area contributed by atoms with Gasteiger partial charge in [0.05, 0.1) is 15.9 Å². The van der Waals surface area contributed by atoms with Gasteiger partial charge in [-0.3, -0.25) is 20.2 Å². The van der Waals surface area contributed by atoms with E-state index in [2.05, 4.69) is 0 Å². The molecular weight excluding hydrogens is 204 g/mol. The number of non-ortho nitro benzene ring substituents is 1. The van der Waals surface area contributed by atoms with Crippen molar-refractivity contribution in [1.82, 2.24) is 0 Å². The third-order valence-electron chi connectivity index (χ3n) is 1.59. The van der Waals surface area contributed by atoms with E-state index >= 15 is 0 Å². The number of ether oxygens (including phenoxy) is 1. The molecular formula is C8H7N2O5. The van der Waals surface area contributed by atoms with Crippen LogP contribution in [-0.4, -0.2) is 9.85 Å². The second-order valence-corrected chi connectivity index (χ2v) is 2.52. The SMILES string of the molecule is C[CH]Oc1ccc([N+](=O)[O-])cc1[N+](=O)[O-]. The molecule has 0 fully saturated rings. The van der Waals surface area contributed by atoms with E-state index in [1.807, 2.05) is 0 Å². The van der Waals surface area contributed by atoms with Gasteiger partial charge in [-0.15, -0.1) is 0 Å². The highest BCUT2D eigenvalue weighted by Gasteiger charge is 2.20. The first-order chi connectivity index (χ1) is 7.06. The first-order valence-electron chi connectivity index (χ1n) is 3.93. The monoisotopic (exact) mass is 211 g/mol. The van der Waals surface area contributed by atoms with E-state index in [0.717, 1.165) is 12.1 Å². The first kappa shape index (κ1) is 10.9. The molecule has 0 bridgehead atoms. The number of rotatable bonds is 4. The van der Waals surface area contributed by atoms with Crippen LogP contribution < -0.4 is 4.74 Å². The molecule has 0 heterocycles. The molecule has 0 aliphatic rings. The Morgan fingerprint density at radius 3 is 2.40 bits per heavy atom. The van der Waals surface area contributed by atoms with E-state index in [4.69, 9.17) is 4.74 Å². The van der Waals surface area contributed by atoms with Crippen LogP contribution in [0.5, 0.6) is 5.75 Å². The lowest BCUT2D eigenvalue weighted by Crippen LogP contribution is -1.96. The summed E-state index contributed by atoms with van der Waals surface area (Å²) < 4.78 is 4.84. The van der Waals surface area contributed by atoms with Crippen LogP contribution in [0.4, 0.5) is 11.4 Å². The fourth-order valence-corrected chi connectivity index (χ4v) is 0.989. The Balaban J connectivity index is 3.20. The van der Waals surface area contributed by atoms with Gasteiger partial charge in [0.15, 0.2) is 5.75 Å².